The van der Waals surface area contributed by atoms with Gasteiger partial charge in [0.1, 0.15) is 12.4 Å². The van der Waals surface area contributed by atoms with Crippen LogP contribution in [0.1, 0.15) is 13.3 Å². The van der Waals surface area contributed by atoms with Crippen molar-refractivity contribution in [1.29, 1.82) is 0 Å². The minimum Gasteiger partial charge on any atom is -0.491 e. The van der Waals surface area contributed by atoms with Crippen molar-refractivity contribution in [2.24, 2.45) is 5.14 Å². The maximum absolute atomic E-state index is 11.5. The minimum atomic E-state index is -3.83. The number of halogens is 1. The lowest BCUT2D eigenvalue weighted by atomic mass is 10.3. The van der Waals surface area contributed by atoms with Crippen LogP contribution in [0.4, 0.5) is 0 Å². The zero-order chi connectivity index (χ0) is 15.4. The van der Waals surface area contributed by atoms with Crippen LogP contribution >= 0.6 is 11.6 Å². The first kappa shape index (κ1) is 17.2. The molecule has 0 aliphatic carbocycles. The summed E-state index contributed by atoms with van der Waals surface area (Å²) in [4.78, 5) is -0.131. The molecule has 0 spiro atoms. The summed E-state index contributed by atoms with van der Waals surface area (Å²) in [6, 6.07) is 3.75. The molecule has 1 rings (SSSR count). The van der Waals surface area contributed by atoms with E-state index in [1.807, 2.05) is 0 Å². The zero-order valence-corrected chi connectivity index (χ0v) is 13.3. The van der Waals surface area contributed by atoms with Gasteiger partial charge in [0.25, 0.3) is 0 Å². The second kappa shape index (κ2) is 6.75. The molecule has 0 atom stereocenters. The molecule has 0 bridgehead atoms. The number of hydrogen-bond acceptors (Lipinski definition) is 5. The highest BCUT2D eigenvalue weighted by Gasteiger charge is 2.13. The molecule has 0 unspecified atom stereocenters. The molecule has 0 radical (unpaired) electrons. The molecule has 9 heteroatoms. The predicted molar refractivity (Wildman–Crippen MR) is 77.3 cm³/mol. The van der Waals surface area contributed by atoms with Crippen molar-refractivity contribution in [3.63, 3.8) is 0 Å². The Kier molecular flexibility index (Phi) is 5.81. The maximum Gasteiger partial charge on any atom is 0.238 e. The minimum absolute atomic E-state index is 0.0449. The lowest BCUT2D eigenvalue weighted by Crippen LogP contribution is -2.17. The van der Waals surface area contributed by atoms with E-state index in [0.717, 1.165) is 6.07 Å². The largest absolute Gasteiger partial charge is 0.491 e. The summed E-state index contributed by atoms with van der Waals surface area (Å²) in [5, 5.41) is 5.02. The Labute approximate surface area is 123 Å². The van der Waals surface area contributed by atoms with Crippen molar-refractivity contribution in [2.75, 3.05) is 18.1 Å². The third-order valence-corrected chi connectivity index (χ3v) is 5.42. The van der Waals surface area contributed by atoms with Crippen LogP contribution < -0.4 is 9.88 Å². The summed E-state index contributed by atoms with van der Waals surface area (Å²) in [5.74, 6) is 0.202. The van der Waals surface area contributed by atoms with Gasteiger partial charge in [-0.1, -0.05) is 18.5 Å². The van der Waals surface area contributed by atoms with E-state index in [0.29, 0.717) is 6.42 Å². The first-order valence-corrected chi connectivity index (χ1v) is 9.56. The summed E-state index contributed by atoms with van der Waals surface area (Å²) in [6.07, 6.45) is 0.548. The SMILES string of the molecule is CCCS(=O)(=O)CCOc1ccc(S(N)(=O)=O)cc1Cl. The van der Waals surface area contributed by atoms with Crippen LogP contribution in [0.25, 0.3) is 0 Å². The number of benzene rings is 1. The van der Waals surface area contributed by atoms with Gasteiger partial charge in [0.15, 0.2) is 9.84 Å². The van der Waals surface area contributed by atoms with E-state index in [4.69, 9.17) is 21.5 Å². The molecule has 0 saturated carbocycles. The van der Waals surface area contributed by atoms with Gasteiger partial charge in [-0.15, -0.1) is 0 Å². The second-order valence-electron chi connectivity index (χ2n) is 4.14. The Balaban J connectivity index is 2.71. The molecule has 0 aliphatic heterocycles. The highest BCUT2D eigenvalue weighted by atomic mass is 35.5. The number of nitrogens with two attached hydrogens (primary N) is 1. The van der Waals surface area contributed by atoms with Crippen molar-refractivity contribution in [2.45, 2.75) is 18.2 Å². The fourth-order valence-corrected chi connectivity index (χ4v) is 3.47. The van der Waals surface area contributed by atoms with Crippen LogP contribution in [-0.4, -0.2) is 34.9 Å². The van der Waals surface area contributed by atoms with Crippen LogP contribution in [0.5, 0.6) is 5.75 Å². The number of hydrogen-bond donors (Lipinski definition) is 1. The highest BCUT2D eigenvalue weighted by Crippen LogP contribution is 2.26. The summed E-state index contributed by atoms with van der Waals surface area (Å²) in [5.41, 5.74) is 0. The zero-order valence-electron chi connectivity index (χ0n) is 10.9. The van der Waals surface area contributed by atoms with Crippen LogP contribution in [0, 0.1) is 0 Å². The third kappa shape index (κ3) is 5.28. The summed E-state index contributed by atoms with van der Waals surface area (Å²) in [7, 11) is -6.96. The van der Waals surface area contributed by atoms with E-state index < -0.39 is 19.9 Å². The first-order chi connectivity index (χ1) is 9.15. The van der Waals surface area contributed by atoms with Gasteiger partial charge in [-0.05, 0) is 24.6 Å². The monoisotopic (exact) mass is 341 g/mol. The van der Waals surface area contributed by atoms with Gasteiger partial charge >= 0.3 is 0 Å². The van der Waals surface area contributed by atoms with Crippen molar-refractivity contribution in [1.82, 2.24) is 0 Å². The topological polar surface area (TPSA) is 104 Å². The van der Waals surface area contributed by atoms with Crippen LogP contribution in [0.3, 0.4) is 0 Å². The van der Waals surface area contributed by atoms with Gasteiger partial charge in [-0.25, -0.2) is 22.0 Å². The Morgan fingerprint density at radius 3 is 2.35 bits per heavy atom. The van der Waals surface area contributed by atoms with E-state index in [-0.39, 0.29) is 33.8 Å². The molecule has 0 aliphatic rings. The number of primary sulfonamides is 1. The Hall–Kier alpha value is -0.830. The van der Waals surface area contributed by atoms with E-state index in [9.17, 15) is 16.8 Å². The number of rotatable bonds is 7. The van der Waals surface area contributed by atoms with Gasteiger partial charge in [-0.2, -0.15) is 0 Å². The Bertz CT molecular complexity index is 670. The summed E-state index contributed by atoms with van der Waals surface area (Å²) in [6.45, 7) is 1.73. The summed E-state index contributed by atoms with van der Waals surface area (Å²) >= 11 is 5.85. The number of sulfonamides is 1. The molecule has 0 amide bonds. The molecule has 0 fully saturated rings. The summed E-state index contributed by atoms with van der Waals surface area (Å²) < 4.78 is 50.4. The van der Waals surface area contributed by atoms with Crippen molar-refractivity contribution >= 4 is 31.5 Å². The van der Waals surface area contributed by atoms with Crippen molar-refractivity contribution in [3.8, 4) is 5.75 Å². The molecule has 2 N–H and O–H groups in total. The average molecular weight is 342 g/mol. The predicted octanol–water partition coefficient (Wildman–Crippen LogP) is 1.19. The lowest BCUT2D eigenvalue weighted by Gasteiger charge is -2.09. The Morgan fingerprint density at radius 1 is 1.20 bits per heavy atom. The molecule has 6 nitrogen and oxygen atoms in total. The third-order valence-electron chi connectivity index (χ3n) is 2.40. The molecule has 114 valence electrons. The average Bonchev–Trinajstić information content (AvgIpc) is 2.29. The normalized spacial score (nSPS) is 12.3. The van der Waals surface area contributed by atoms with Gasteiger partial charge in [0.05, 0.1) is 21.4 Å². The number of ether oxygens (including phenoxy) is 1. The standard InChI is InChI=1S/C11H16ClNO5S2/c1-2-6-19(14,15)7-5-18-11-4-3-9(8-10(11)12)20(13,16)17/h3-4,8H,2,5-7H2,1H3,(H2,13,16,17). The van der Waals surface area contributed by atoms with Crippen LogP contribution in [-0.2, 0) is 19.9 Å². The van der Waals surface area contributed by atoms with Gasteiger partial charge in [0, 0.05) is 0 Å². The first-order valence-electron chi connectivity index (χ1n) is 5.81. The van der Waals surface area contributed by atoms with Crippen molar-refractivity contribution < 1.29 is 21.6 Å². The smallest absolute Gasteiger partial charge is 0.238 e. The number of sulfone groups is 1. The van der Waals surface area contributed by atoms with Crippen molar-refractivity contribution in [3.05, 3.63) is 23.2 Å². The van der Waals surface area contributed by atoms with E-state index in [1.165, 1.54) is 12.1 Å². The van der Waals surface area contributed by atoms with Gasteiger partial charge in [0.2, 0.25) is 10.0 Å². The second-order valence-corrected chi connectivity index (χ2v) is 8.41. The Morgan fingerprint density at radius 2 is 1.85 bits per heavy atom. The maximum atomic E-state index is 11.5. The molecule has 0 saturated heterocycles. The molecule has 20 heavy (non-hydrogen) atoms. The van der Waals surface area contributed by atoms with Crippen LogP contribution in [0.15, 0.2) is 23.1 Å². The molecule has 0 heterocycles. The molecular formula is C11H16ClNO5S2. The molecular weight excluding hydrogens is 326 g/mol. The molecule has 1 aromatic rings. The fraction of sp³-hybridized carbons (Fsp3) is 0.455. The lowest BCUT2D eigenvalue weighted by molar-refractivity contribution is 0.341. The van der Waals surface area contributed by atoms with E-state index >= 15 is 0 Å². The quantitative estimate of drug-likeness (QED) is 0.802. The van der Waals surface area contributed by atoms with Crippen LogP contribution in [0.2, 0.25) is 5.02 Å². The van der Waals surface area contributed by atoms with Gasteiger partial charge in [-0.3, -0.25) is 0 Å². The molecule has 0 aromatic heterocycles. The van der Waals surface area contributed by atoms with Gasteiger partial charge < -0.3 is 4.74 Å². The highest BCUT2D eigenvalue weighted by molar-refractivity contribution is 7.91. The van der Waals surface area contributed by atoms with E-state index in [2.05, 4.69) is 0 Å². The fourth-order valence-electron chi connectivity index (χ4n) is 1.47. The molecule has 1 aromatic carbocycles. The van der Waals surface area contributed by atoms with E-state index in [1.54, 1.807) is 6.92 Å².